The monoisotopic (exact) mass is 336 g/mol. The van der Waals surface area contributed by atoms with E-state index in [9.17, 15) is 10.2 Å². The first-order valence-corrected chi connectivity index (χ1v) is 9.70. The molecule has 0 aromatic rings. The average molecular weight is 337 g/mol. The first-order valence-electron chi connectivity index (χ1n) is 9.70. The van der Waals surface area contributed by atoms with Gasteiger partial charge in [-0.05, 0) is 55.3 Å². The van der Waals surface area contributed by atoms with E-state index < -0.39 is 17.6 Å². The zero-order valence-electron chi connectivity index (χ0n) is 16.1. The summed E-state index contributed by atoms with van der Waals surface area (Å²) in [6.45, 7) is 12.9. The topological polar surface area (TPSA) is 49.7 Å². The molecule has 3 aliphatic carbocycles. The van der Waals surface area contributed by atoms with Gasteiger partial charge in [0.1, 0.15) is 0 Å². The summed E-state index contributed by atoms with van der Waals surface area (Å²) in [6, 6.07) is 0. The van der Waals surface area contributed by atoms with E-state index in [-0.39, 0.29) is 22.9 Å². The van der Waals surface area contributed by atoms with Crippen LogP contribution in [0.2, 0.25) is 0 Å². The van der Waals surface area contributed by atoms with Crippen molar-refractivity contribution in [1.82, 2.24) is 0 Å². The molecule has 0 aromatic heterocycles. The van der Waals surface area contributed by atoms with Crippen molar-refractivity contribution in [2.75, 3.05) is 7.11 Å². The van der Waals surface area contributed by atoms with Crippen molar-refractivity contribution in [2.24, 2.45) is 34.0 Å². The van der Waals surface area contributed by atoms with Crippen LogP contribution >= 0.6 is 0 Å². The van der Waals surface area contributed by atoms with Crippen LogP contribution in [0.25, 0.3) is 0 Å². The summed E-state index contributed by atoms with van der Waals surface area (Å²) in [5.41, 5.74) is -0.554. The third kappa shape index (κ3) is 2.13. The largest absolute Gasteiger partial charge is 0.393 e. The van der Waals surface area contributed by atoms with Crippen LogP contribution < -0.4 is 0 Å². The molecule has 0 aliphatic heterocycles. The highest BCUT2D eigenvalue weighted by Crippen LogP contribution is 2.68. The zero-order valence-corrected chi connectivity index (χ0v) is 16.1. The Morgan fingerprint density at radius 1 is 1.12 bits per heavy atom. The third-order valence-electron chi connectivity index (χ3n) is 8.84. The SMILES string of the molecule is C=C[C@]1(C)C[C@@H](O)[C@]2(C)[C@H](C)CC[C@]3(CC[C@@H](OC)[C@@H]32)[C@@H](C)[C@@H]1O. The van der Waals surface area contributed by atoms with Crippen LogP contribution in [0.4, 0.5) is 0 Å². The highest BCUT2D eigenvalue weighted by atomic mass is 16.5. The number of methoxy groups -OCH3 is 1. The minimum Gasteiger partial charge on any atom is -0.393 e. The second kappa shape index (κ2) is 5.82. The van der Waals surface area contributed by atoms with Gasteiger partial charge in [-0.3, -0.25) is 0 Å². The van der Waals surface area contributed by atoms with Crippen LogP contribution in [0.5, 0.6) is 0 Å². The molecule has 0 heterocycles. The van der Waals surface area contributed by atoms with Gasteiger partial charge in [0.15, 0.2) is 0 Å². The molecule has 24 heavy (non-hydrogen) atoms. The van der Waals surface area contributed by atoms with Crippen LogP contribution in [0.3, 0.4) is 0 Å². The summed E-state index contributed by atoms with van der Waals surface area (Å²) >= 11 is 0. The van der Waals surface area contributed by atoms with Gasteiger partial charge in [0.25, 0.3) is 0 Å². The van der Waals surface area contributed by atoms with Gasteiger partial charge in [0.05, 0.1) is 18.3 Å². The van der Waals surface area contributed by atoms with Gasteiger partial charge in [-0.2, -0.15) is 0 Å². The number of hydrogen-bond donors (Lipinski definition) is 2. The van der Waals surface area contributed by atoms with Gasteiger partial charge >= 0.3 is 0 Å². The van der Waals surface area contributed by atoms with E-state index in [4.69, 9.17) is 4.74 Å². The van der Waals surface area contributed by atoms with Crippen LogP contribution in [0.1, 0.15) is 59.8 Å². The zero-order chi connectivity index (χ0) is 17.9. The summed E-state index contributed by atoms with van der Waals surface area (Å²) in [5, 5.41) is 22.6. The van der Waals surface area contributed by atoms with Crippen molar-refractivity contribution in [1.29, 1.82) is 0 Å². The minimum atomic E-state index is -0.472. The Morgan fingerprint density at radius 2 is 1.75 bits per heavy atom. The van der Waals surface area contributed by atoms with E-state index in [1.807, 2.05) is 13.2 Å². The first kappa shape index (κ1) is 18.4. The number of aliphatic hydroxyl groups is 2. The normalized spacial score (nSPS) is 57.8. The standard InChI is InChI=1S/C21H36O3/c1-7-19(4)12-16(22)20(5)13(2)8-10-21(14(3)18(19)23)11-9-15(24-6)17(20)21/h7,13-18,22-23H,1,8-12H2,2-6H3/t13-,14+,15-,16-,17-,18+,19-,20+,21+/m1/s1. The molecule has 0 radical (unpaired) electrons. The number of aliphatic hydroxyl groups excluding tert-OH is 2. The van der Waals surface area contributed by atoms with Crippen LogP contribution in [-0.4, -0.2) is 35.6 Å². The molecule has 2 N–H and O–H groups in total. The average Bonchev–Trinajstić information content (AvgIpc) is 2.96. The summed E-state index contributed by atoms with van der Waals surface area (Å²) in [4.78, 5) is 0. The highest BCUT2D eigenvalue weighted by molar-refractivity contribution is 5.17. The Balaban J connectivity index is 2.19. The summed E-state index contributed by atoms with van der Waals surface area (Å²) in [7, 11) is 1.81. The molecule has 138 valence electrons. The van der Waals surface area contributed by atoms with Gasteiger partial charge in [0, 0.05) is 17.9 Å². The van der Waals surface area contributed by atoms with Gasteiger partial charge in [0.2, 0.25) is 0 Å². The quantitative estimate of drug-likeness (QED) is 0.754. The number of rotatable bonds is 2. The van der Waals surface area contributed by atoms with Crippen molar-refractivity contribution >= 4 is 0 Å². The van der Waals surface area contributed by atoms with E-state index in [2.05, 4.69) is 34.3 Å². The molecule has 0 saturated heterocycles. The van der Waals surface area contributed by atoms with Gasteiger partial charge < -0.3 is 14.9 Å². The summed E-state index contributed by atoms with van der Waals surface area (Å²) < 4.78 is 5.92. The maximum absolute atomic E-state index is 11.4. The Bertz CT molecular complexity index is 505. The molecule has 2 bridgehead atoms. The van der Waals surface area contributed by atoms with Crippen LogP contribution in [0, 0.1) is 34.0 Å². The lowest BCUT2D eigenvalue weighted by atomic mass is 9.43. The van der Waals surface area contributed by atoms with E-state index in [1.165, 1.54) is 0 Å². The lowest BCUT2D eigenvalue weighted by Gasteiger charge is -2.63. The van der Waals surface area contributed by atoms with Crippen molar-refractivity contribution in [3.8, 4) is 0 Å². The molecule has 3 heteroatoms. The summed E-state index contributed by atoms with van der Waals surface area (Å²) in [6.07, 6.45) is 6.12. The van der Waals surface area contributed by atoms with Crippen molar-refractivity contribution in [3.05, 3.63) is 12.7 Å². The molecule has 3 fully saturated rings. The number of hydrogen-bond acceptors (Lipinski definition) is 3. The Morgan fingerprint density at radius 3 is 2.33 bits per heavy atom. The molecule has 0 spiro atoms. The van der Waals surface area contributed by atoms with Gasteiger partial charge in [-0.25, -0.2) is 0 Å². The molecule has 3 rings (SSSR count). The molecular weight excluding hydrogens is 300 g/mol. The predicted octanol–water partition coefficient (Wildman–Crippen LogP) is 3.79. The van der Waals surface area contributed by atoms with Crippen LogP contribution in [-0.2, 0) is 4.74 Å². The number of ether oxygens (including phenoxy) is 1. The fourth-order valence-corrected chi connectivity index (χ4v) is 6.88. The maximum Gasteiger partial charge on any atom is 0.0659 e. The van der Waals surface area contributed by atoms with Crippen molar-refractivity contribution < 1.29 is 14.9 Å². The van der Waals surface area contributed by atoms with Crippen molar-refractivity contribution in [3.63, 3.8) is 0 Å². The molecule has 3 nitrogen and oxygen atoms in total. The summed E-state index contributed by atoms with van der Waals surface area (Å²) in [5.74, 6) is 0.954. The maximum atomic E-state index is 11.4. The lowest BCUT2D eigenvalue weighted by Crippen LogP contribution is -2.63. The smallest absolute Gasteiger partial charge is 0.0659 e. The van der Waals surface area contributed by atoms with Crippen molar-refractivity contribution in [2.45, 2.75) is 78.1 Å². The van der Waals surface area contributed by atoms with E-state index in [1.54, 1.807) is 0 Å². The van der Waals surface area contributed by atoms with Crippen LogP contribution in [0.15, 0.2) is 12.7 Å². The Kier molecular flexibility index (Phi) is 4.47. The third-order valence-corrected chi connectivity index (χ3v) is 8.84. The van der Waals surface area contributed by atoms with E-state index in [0.717, 1.165) is 25.7 Å². The first-order chi connectivity index (χ1) is 11.2. The van der Waals surface area contributed by atoms with Gasteiger partial charge in [-0.15, -0.1) is 6.58 Å². The molecule has 3 saturated carbocycles. The highest BCUT2D eigenvalue weighted by Gasteiger charge is 2.67. The fourth-order valence-electron chi connectivity index (χ4n) is 6.88. The van der Waals surface area contributed by atoms with E-state index in [0.29, 0.717) is 18.3 Å². The lowest BCUT2D eigenvalue weighted by molar-refractivity contribution is -0.209. The Hall–Kier alpha value is -0.380. The Labute approximate surface area is 147 Å². The molecule has 0 amide bonds. The second-order valence-electron chi connectivity index (χ2n) is 9.49. The minimum absolute atomic E-state index is 0.0625. The predicted molar refractivity (Wildman–Crippen MR) is 96.6 cm³/mol. The molecule has 0 aromatic carbocycles. The van der Waals surface area contributed by atoms with E-state index >= 15 is 0 Å². The molecular formula is C21H36O3. The molecule has 0 unspecified atom stereocenters. The fraction of sp³-hybridized carbons (Fsp3) is 0.905. The molecule has 3 aliphatic rings. The second-order valence-corrected chi connectivity index (χ2v) is 9.49. The molecule has 9 atom stereocenters. The van der Waals surface area contributed by atoms with Gasteiger partial charge in [-0.1, -0.05) is 33.8 Å².